The highest BCUT2D eigenvalue weighted by atomic mass is 79.9. The molecule has 0 aliphatic heterocycles. The topological polar surface area (TPSA) is 75.6 Å². The minimum absolute atomic E-state index is 0.116. The van der Waals surface area contributed by atoms with Crippen LogP contribution in [0.25, 0.3) is 10.8 Å². The highest BCUT2D eigenvalue weighted by molar-refractivity contribution is 9.10. The molecule has 0 heterocycles. The van der Waals surface area contributed by atoms with E-state index in [0.29, 0.717) is 5.56 Å². The van der Waals surface area contributed by atoms with Crippen LogP contribution in [0.4, 0.5) is 0 Å². The van der Waals surface area contributed by atoms with Crippen molar-refractivity contribution in [3.63, 3.8) is 0 Å². The van der Waals surface area contributed by atoms with Gasteiger partial charge in [-0.1, -0.05) is 28.1 Å². The number of carboxylic acid groups (broad SMARTS) is 1. The van der Waals surface area contributed by atoms with E-state index in [0.717, 1.165) is 15.2 Å². The summed E-state index contributed by atoms with van der Waals surface area (Å²) < 4.78 is 5.84. The minimum Gasteiger partial charge on any atom is -0.479 e. The molecule has 0 aliphatic rings. The first-order valence-electron chi connectivity index (χ1n) is 6.60. The predicted molar refractivity (Wildman–Crippen MR) is 87.0 cm³/mol. The molecule has 0 aliphatic carbocycles. The van der Waals surface area contributed by atoms with Crippen molar-refractivity contribution >= 4 is 38.6 Å². The molecule has 0 radical (unpaired) electrons. The predicted octanol–water partition coefficient (Wildman–Crippen LogP) is 2.82. The van der Waals surface area contributed by atoms with Crippen LogP contribution in [-0.2, 0) is 9.53 Å². The average molecular weight is 366 g/mol. The van der Waals surface area contributed by atoms with Gasteiger partial charge in [-0.05, 0) is 42.0 Å². The molecule has 2 rings (SSSR count). The SMILES string of the molecule is COCC(C)(NC(=O)c1ccc2cc(Br)ccc2c1)C(=O)O. The van der Waals surface area contributed by atoms with E-state index in [9.17, 15) is 14.7 Å². The maximum Gasteiger partial charge on any atom is 0.331 e. The third-order valence-electron chi connectivity index (χ3n) is 3.36. The summed E-state index contributed by atoms with van der Waals surface area (Å²) in [7, 11) is 1.39. The second kappa shape index (κ2) is 6.46. The van der Waals surface area contributed by atoms with Crippen LogP contribution >= 0.6 is 15.9 Å². The first-order chi connectivity index (χ1) is 10.4. The Morgan fingerprint density at radius 1 is 1.23 bits per heavy atom. The Bertz CT molecular complexity index is 731. The molecule has 0 fully saturated rings. The highest BCUT2D eigenvalue weighted by Gasteiger charge is 2.35. The van der Waals surface area contributed by atoms with Crippen LogP contribution in [0, 0.1) is 0 Å². The molecule has 2 aromatic rings. The van der Waals surface area contributed by atoms with Crippen molar-refractivity contribution in [3.8, 4) is 0 Å². The summed E-state index contributed by atoms with van der Waals surface area (Å²) in [4.78, 5) is 23.6. The zero-order valence-corrected chi connectivity index (χ0v) is 13.8. The number of amides is 1. The van der Waals surface area contributed by atoms with E-state index in [1.807, 2.05) is 24.3 Å². The van der Waals surface area contributed by atoms with E-state index in [4.69, 9.17) is 4.74 Å². The van der Waals surface area contributed by atoms with Crippen LogP contribution in [0.2, 0.25) is 0 Å². The molecular weight excluding hydrogens is 350 g/mol. The molecule has 0 saturated heterocycles. The van der Waals surface area contributed by atoms with Crippen LogP contribution in [0.15, 0.2) is 40.9 Å². The Morgan fingerprint density at radius 3 is 2.50 bits per heavy atom. The number of carbonyl (C=O) groups is 2. The second-order valence-electron chi connectivity index (χ2n) is 5.23. The maximum absolute atomic E-state index is 12.3. The van der Waals surface area contributed by atoms with Gasteiger partial charge in [0.05, 0.1) is 6.61 Å². The number of fused-ring (bicyclic) bond motifs is 1. The molecule has 6 heteroatoms. The number of hydrogen-bond acceptors (Lipinski definition) is 3. The number of methoxy groups -OCH3 is 1. The molecule has 0 bridgehead atoms. The van der Waals surface area contributed by atoms with Crippen molar-refractivity contribution in [1.82, 2.24) is 5.32 Å². The summed E-state index contributed by atoms with van der Waals surface area (Å²) in [5.41, 5.74) is -1.07. The monoisotopic (exact) mass is 365 g/mol. The number of rotatable bonds is 5. The lowest BCUT2D eigenvalue weighted by Gasteiger charge is -2.25. The number of benzene rings is 2. The fourth-order valence-corrected chi connectivity index (χ4v) is 2.50. The number of carboxylic acids is 1. The van der Waals surface area contributed by atoms with E-state index in [-0.39, 0.29) is 6.61 Å². The van der Waals surface area contributed by atoms with Gasteiger partial charge in [-0.2, -0.15) is 0 Å². The Balaban J connectivity index is 2.29. The molecule has 2 N–H and O–H groups in total. The Hall–Kier alpha value is -1.92. The van der Waals surface area contributed by atoms with Gasteiger partial charge in [0.15, 0.2) is 5.54 Å². The van der Waals surface area contributed by atoms with Crippen LogP contribution in [0.1, 0.15) is 17.3 Å². The average Bonchev–Trinajstić information content (AvgIpc) is 2.46. The Labute approximate surface area is 136 Å². The van der Waals surface area contributed by atoms with Gasteiger partial charge >= 0.3 is 5.97 Å². The molecule has 0 saturated carbocycles. The van der Waals surface area contributed by atoms with Crippen LogP contribution < -0.4 is 5.32 Å². The van der Waals surface area contributed by atoms with Crippen LogP contribution in [-0.4, -0.2) is 36.2 Å². The molecule has 116 valence electrons. The van der Waals surface area contributed by atoms with Crippen molar-refractivity contribution < 1.29 is 19.4 Å². The number of ether oxygens (including phenoxy) is 1. The number of hydrogen-bond donors (Lipinski definition) is 2. The van der Waals surface area contributed by atoms with Gasteiger partial charge in [0.2, 0.25) is 0 Å². The third kappa shape index (κ3) is 3.45. The Kier molecular flexibility index (Phi) is 4.83. The van der Waals surface area contributed by atoms with Crippen LogP contribution in [0.5, 0.6) is 0 Å². The third-order valence-corrected chi connectivity index (χ3v) is 3.85. The van der Waals surface area contributed by atoms with E-state index in [2.05, 4.69) is 21.2 Å². The van der Waals surface area contributed by atoms with Gasteiger partial charge < -0.3 is 15.2 Å². The summed E-state index contributed by atoms with van der Waals surface area (Å²) in [6.45, 7) is 1.30. The summed E-state index contributed by atoms with van der Waals surface area (Å²) in [5, 5.41) is 13.7. The zero-order valence-electron chi connectivity index (χ0n) is 12.2. The number of nitrogens with one attached hydrogen (secondary N) is 1. The lowest BCUT2D eigenvalue weighted by molar-refractivity contribution is -0.145. The fraction of sp³-hybridized carbons (Fsp3) is 0.250. The van der Waals surface area contributed by atoms with Gasteiger partial charge in [-0.3, -0.25) is 4.79 Å². The first kappa shape index (κ1) is 16.5. The summed E-state index contributed by atoms with van der Waals surface area (Å²) in [6.07, 6.45) is 0. The molecule has 1 amide bonds. The van der Waals surface area contributed by atoms with Crippen molar-refractivity contribution in [2.24, 2.45) is 0 Å². The van der Waals surface area contributed by atoms with Crippen molar-refractivity contribution in [1.29, 1.82) is 0 Å². The first-order valence-corrected chi connectivity index (χ1v) is 7.39. The van der Waals surface area contributed by atoms with E-state index < -0.39 is 17.4 Å². The molecule has 22 heavy (non-hydrogen) atoms. The highest BCUT2D eigenvalue weighted by Crippen LogP contribution is 2.21. The van der Waals surface area contributed by atoms with Gasteiger partial charge in [0, 0.05) is 17.1 Å². The van der Waals surface area contributed by atoms with Crippen LogP contribution in [0.3, 0.4) is 0 Å². The summed E-state index contributed by atoms with van der Waals surface area (Å²) >= 11 is 3.39. The standard InChI is InChI=1S/C16H16BrNO4/c1-16(9-22-2,15(20)21)18-14(19)12-4-3-11-8-13(17)6-5-10(11)7-12/h3-8H,9H2,1-2H3,(H,18,19)(H,20,21). The minimum atomic E-state index is -1.47. The van der Waals surface area contributed by atoms with Gasteiger partial charge in [-0.25, -0.2) is 4.79 Å². The molecule has 2 aromatic carbocycles. The quantitative estimate of drug-likeness (QED) is 0.853. The number of carbonyl (C=O) groups excluding carboxylic acids is 1. The lowest BCUT2D eigenvalue weighted by Crippen LogP contribution is -2.55. The fourth-order valence-electron chi connectivity index (χ4n) is 2.12. The lowest BCUT2D eigenvalue weighted by atomic mass is 10.0. The van der Waals surface area contributed by atoms with Gasteiger partial charge in [0.25, 0.3) is 5.91 Å². The van der Waals surface area contributed by atoms with Crippen molar-refractivity contribution in [3.05, 3.63) is 46.4 Å². The maximum atomic E-state index is 12.3. The molecule has 5 nitrogen and oxygen atoms in total. The smallest absolute Gasteiger partial charge is 0.331 e. The van der Waals surface area contributed by atoms with Crippen molar-refractivity contribution in [2.45, 2.75) is 12.5 Å². The summed E-state index contributed by atoms with van der Waals surface area (Å²) in [5.74, 6) is -1.60. The largest absolute Gasteiger partial charge is 0.479 e. The van der Waals surface area contributed by atoms with Gasteiger partial charge in [0.1, 0.15) is 0 Å². The van der Waals surface area contributed by atoms with E-state index >= 15 is 0 Å². The molecule has 0 spiro atoms. The molecular formula is C16H16BrNO4. The molecule has 0 aromatic heterocycles. The summed E-state index contributed by atoms with van der Waals surface area (Å²) in [6, 6.07) is 10.9. The van der Waals surface area contributed by atoms with Gasteiger partial charge in [-0.15, -0.1) is 0 Å². The van der Waals surface area contributed by atoms with E-state index in [1.54, 1.807) is 12.1 Å². The Morgan fingerprint density at radius 2 is 1.86 bits per heavy atom. The van der Waals surface area contributed by atoms with Crippen molar-refractivity contribution in [2.75, 3.05) is 13.7 Å². The molecule has 1 atom stereocenters. The van der Waals surface area contributed by atoms with E-state index in [1.165, 1.54) is 14.0 Å². The normalized spacial score (nSPS) is 13.6. The number of aliphatic carboxylic acids is 1. The number of halogens is 1. The molecule has 1 unspecified atom stereocenters. The second-order valence-corrected chi connectivity index (χ2v) is 6.15. The zero-order chi connectivity index (χ0) is 16.3.